The Bertz CT molecular complexity index is 347. The van der Waals surface area contributed by atoms with E-state index in [4.69, 9.17) is 0 Å². The molecule has 0 aromatic rings. The van der Waals surface area contributed by atoms with Gasteiger partial charge in [-0.15, -0.1) is 0 Å². The van der Waals surface area contributed by atoms with Gasteiger partial charge >= 0.3 is 0 Å². The summed E-state index contributed by atoms with van der Waals surface area (Å²) in [4.78, 5) is 0. The largest absolute Gasteiger partial charge is 0.0917 e. The minimum Gasteiger partial charge on any atom is -0.0917 e. The van der Waals surface area contributed by atoms with Gasteiger partial charge in [-0.1, -0.05) is 133 Å². The molecular formula is C28H52. The van der Waals surface area contributed by atoms with Crippen molar-refractivity contribution >= 4 is 0 Å². The maximum Gasteiger partial charge on any atom is -0.0347 e. The average Bonchev–Trinajstić information content (AvgIpc) is 2.71. The van der Waals surface area contributed by atoms with Crippen LogP contribution >= 0.6 is 0 Å². The summed E-state index contributed by atoms with van der Waals surface area (Å²) in [6, 6.07) is 0. The highest BCUT2D eigenvalue weighted by Gasteiger charge is 1.94. The van der Waals surface area contributed by atoms with Crippen molar-refractivity contribution < 1.29 is 0 Å². The Kier molecular flexibility index (Phi) is 25.5. The van der Waals surface area contributed by atoms with Gasteiger partial charge in [0.05, 0.1) is 0 Å². The Morgan fingerprint density at radius 2 is 0.714 bits per heavy atom. The maximum absolute atomic E-state index is 2.35. The van der Waals surface area contributed by atoms with Crippen LogP contribution in [-0.4, -0.2) is 0 Å². The van der Waals surface area contributed by atoms with Crippen molar-refractivity contribution in [2.45, 2.75) is 142 Å². The van der Waals surface area contributed by atoms with E-state index in [1.54, 1.807) is 0 Å². The topological polar surface area (TPSA) is 0 Å². The minimum atomic E-state index is 1.22. The van der Waals surface area contributed by atoms with Crippen LogP contribution in [-0.2, 0) is 0 Å². The monoisotopic (exact) mass is 388 g/mol. The molecule has 164 valence electrons. The molecule has 0 nitrogen and oxygen atoms in total. The molecule has 0 bridgehead atoms. The van der Waals surface area contributed by atoms with E-state index in [0.717, 1.165) is 0 Å². The summed E-state index contributed by atoms with van der Waals surface area (Å²) < 4.78 is 0. The van der Waals surface area contributed by atoms with Gasteiger partial charge in [-0.05, 0) is 45.4 Å². The van der Waals surface area contributed by atoms with Crippen LogP contribution in [0.2, 0.25) is 0 Å². The van der Waals surface area contributed by atoms with E-state index in [1.165, 1.54) is 128 Å². The fraction of sp³-hybridized carbons (Fsp3) is 0.786. The van der Waals surface area contributed by atoms with Gasteiger partial charge in [-0.2, -0.15) is 0 Å². The van der Waals surface area contributed by atoms with Crippen molar-refractivity contribution in [1.82, 2.24) is 0 Å². The first-order chi connectivity index (χ1) is 13.9. The van der Waals surface area contributed by atoms with Crippen LogP contribution in [0, 0.1) is 0 Å². The molecule has 0 aromatic heterocycles. The Hall–Kier alpha value is -0.780. The highest BCUT2D eigenvalue weighted by Crippen LogP contribution is 2.13. The van der Waals surface area contributed by atoms with Crippen molar-refractivity contribution in [1.29, 1.82) is 0 Å². The van der Waals surface area contributed by atoms with E-state index < -0.39 is 0 Å². The van der Waals surface area contributed by atoms with Gasteiger partial charge in [0.1, 0.15) is 0 Å². The second kappa shape index (κ2) is 26.2. The Morgan fingerprint density at radius 3 is 1.11 bits per heavy atom. The fourth-order valence-electron chi connectivity index (χ4n) is 3.67. The first-order valence-electron chi connectivity index (χ1n) is 12.8. The third-order valence-corrected chi connectivity index (χ3v) is 5.58. The molecule has 0 aliphatic rings. The van der Waals surface area contributed by atoms with Crippen LogP contribution < -0.4 is 0 Å². The Balaban J connectivity index is 3.13. The van der Waals surface area contributed by atoms with E-state index in [9.17, 15) is 0 Å². The van der Waals surface area contributed by atoms with Gasteiger partial charge < -0.3 is 0 Å². The van der Waals surface area contributed by atoms with E-state index in [2.05, 4.69) is 50.3 Å². The molecule has 0 saturated carbocycles. The molecule has 0 aromatic carbocycles. The van der Waals surface area contributed by atoms with Crippen LogP contribution in [0.1, 0.15) is 142 Å². The van der Waals surface area contributed by atoms with Crippen molar-refractivity contribution in [2.75, 3.05) is 0 Å². The molecule has 0 spiro atoms. The van der Waals surface area contributed by atoms with Crippen LogP contribution in [0.15, 0.2) is 36.5 Å². The van der Waals surface area contributed by atoms with Gasteiger partial charge in [0.15, 0.2) is 0 Å². The van der Waals surface area contributed by atoms with E-state index in [-0.39, 0.29) is 0 Å². The Morgan fingerprint density at radius 1 is 0.393 bits per heavy atom. The summed E-state index contributed by atoms with van der Waals surface area (Å²) >= 11 is 0. The number of hydrogen-bond acceptors (Lipinski definition) is 0. The second-order valence-corrected chi connectivity index (χ2v) is 8.45. The first kappa shape index (κ1) is 27.2. The Labute approximate surface area is 179 Å². The molecule has 0 unspecified atom stereocenters. The quantitative estimate of drug-likeness (QED) is 0.0982. The number of rotatable bonds is 22. The van der Waals surface area contributed by atoms with E-state index >= 15 is 0 Å². The third-order valence-electron chi connectivity index (χ3n) is 5.58. The molecule has 0 heteroatoms. The lowest BCUT2D eigenvalue weighted by molar-refractivity contribution is 0.533. The zero-order valence-corrected chi connectivity index (χ0v) is 19.6. The lowest BCUT2D eigenvalue weighted by Crippen LogP contribution is -1.83. The zero-order chi connectivity index (χ0) is 20.4. The van der Waals surface area contributed by atoms with Crippen molar-refractivity contribution in [3.8, 4) is 0 Å². The second-order valence-electron chi connectivity index (χ2n) is 8.45. The third kappa shape index (κ3) is 25.2. The highest BCUT2D eigenvalue weighted by molar-refractivity contribution is 5.02. The standard InChI is InChI=1S/C28H52/c1-3-5-7-9-11-13-15-17-19-21-23-25-27-28-26-24-22-20-18-16-14-12-10-8-6-4-2/h3,5,15,17,19,21H,4,6-14,16,18,20,22-28H2,1-2H3. The van der Waals surface area contributed by atoms with E-state index in [1.807, 2.05) is 0 Å². The summed E-state index contributed by atoms with van der Waals surface area (Å²) in [7, 11) is 0. The van der Waals surface area contributed by atoms with Crippen LogP contribution in [0.3, 0.4) is 0 Å². The molecule has 28 heavy (non-hydrogen) atoms. The molecule has 0 atom stereocenters. The van der Waals surface area contributed by atoms with Gasteiger partial charge in [0.25, 0.3) is 0 Å². The van der Waals surface area contributed by atoms with Crippen molar-refractivity contribution in [3.05, 3.63) is 36.5 Å². The van der Waals surface area contributed by atoms with Crippen LogP contribution in [0.25, 0.3) is 0 Å². The predicted octanol–water partition coefficient (Wildman–Crippen LogP) is 10.5. The van der Waals surface area contributed by atoms with E-state index in [0.29, 0.717) is 0 Å². The van der Waals surface area contributed by atoms with Crippen molar-refractivity contribution in [3.63, 3.8) is 0 Å². The molecule has 0 N–H and O–H groups in total. The molecule has 0 rings (SSSR count). The lowest BCUT2D eigenvalue weighted by Gasteiger charge is -2.03. The average molecular weight is 389 g/mol. The lowest BCUT2D eigenvalue weighted by atomic mass is 10.0. The minimum absolute atomic E-state index is 1.22. The maximum atomic E-state index is 2.35. The summed E-state index contributed by atoms with van der Waals surface area (Å²) in [5, 5.41) is 0. The fourth-order valence-corrected chi connectivity index (χ4v) is 3.67. The molecule has 0 aliphatic carbocycles. The van der Waals surface area contributed by atoms with Gasteiger partial charge in [-0.25, -0.2) is 0 Å². The molecule has 0 aliphatic heterocycles. The zero-order valence-electron chi connectivity index (χ0n) is 19.6. The number of hydrogen-bond donors (Lipinski definition) is 0. The summed E-state index contributed by atoms with van der Waals surface area (Å²) in [5.74, 6) is 0. The molecule has 0 heterocycles. The molecule has 0 saturated heterocycles. The summed E-state index contributed by atoms with van der Waals surface area (Å²) in [5.41, 5.74) is 0. The first-order valence-corrected chi connectivity index (χ1v) is 12.8. The highest BCUT2D eigenvalue weighted by atomic mass is 14.0. The molecule has 0 fully saturated rings. The van der Waals surface area contributed by atoms with Gasteiger partial charge in [0.2, 0.25) is 0 Å². The molecule has 0 radical (unpaired) electrons. The molecular weight excluding hydrogens is 336 g/mol. The molecule has 0 amide bonds. The van der Waals surface area contributed by atoms with Gasteiger partial charge in [-0.3, -0.25) is 0 Å². The normalized spacial score (nSPS) is 12.2. The summed E-state index contributed by atoms with van der Waals surface area (Å²) in [6.45, 7) is 4.40. The summed E-state index contributed by atoms with van der Waals surface area (Å²) in [6.07, 6.45) is 41.6. The SMILES string of the molecule is CC=CCCCCC=CC=CCCCCCCCCCCCCCCCCC. The predicted molar refractivity (Wildman–Crippen MR) is 131 cm³/mol. The van der Waals surface area contributed by atoms with Crippen LogP contribution in [0.4, 0.5) is 0 Å². The number of unbranched alkanes of at least 4 members (excludes halogenated alkanes) is 18. The van der Waals surface area contributed by atoms with Crippen LogP contribution in [0.5, 0.6) is 0 Å². The smallest absolute Gasteiger partial charge is 0.0347 e. The van der Waals surface area contributed by atoms with Gasteiger partial charge in [0, 0.05) is 0 Å². The number of allylic oxidation sites excluding steroid dienone is 6. The van der Waals surface area contributed by atoms with Crippen molar-refractivity contribution in [2.24, 2.45) is 0 Å².